The van der Waals surface area contributed by atoms with Crippen LogP contribution in [0.4, 0.5) is 24.7 Å². The first-order chi connectivity index (χ1) is 17.8. The van der Waals surface area contributed by atoms with Crippen LogP contribution in [0.3, 0.4) is 0 Å². The Morgan fingerprint density at radius 3 is 2.73 bits per heavy atom. The molecule has 3 heterocycles. The van der Waals surface area contributed by atoms with Crippen LogP contribution in [0.25, 0.3) is 17.1 Å². The van der Waals surface area contributed by atoms with Crippen molar-refractivity contribution in [2.75, 3.05) is 17.2 Å². The molecule has 1 aliphatic rings. The van der Waals surface area contributed by atoms with Gasteiger partial charge in [-0.05, 0) is 54.5 Å². The molecule has 0 bridgehead atoms. The molecule has 0 unspecified atom stereocenters. The minimum Gasteiger partial charge on any atom is -0.444 e. The van der Waals surface area contributed by atoms with Gasteiger partial charge in [0.25, 0.3) is 12.3 Å². The molecule has 0 saturated heterocycles. The van der Waals surface area contributed by atoms with E-state index in [1.54, 1.807) is 30.5 Å². The summed E-state index contributed by atoms with van der Waals surface area (Å²) < 4.78 is 48.4. The molecule has 0 spiro atoms. The van der Waals surface area contributed by atoms with Gasteiger partial charge in [0.1, 0.15) is 17.9 Å². The zero-order chi connectivity index (χ0) is 26.1. The summed E-state index contributed by atoms with van der Waals surface area (Å²) >= 11 is 0. The molecule has 1 aromatic carbocycles. The molecule has 37 heavy (non-hydrogen) atoms. The fourth-order valence-corrected chi connectivity index (χ4v) is 3.83. The second-order valence-corrected chi connectivity index (χ2v) is 9.28. The van der Waals surface area contributed by atoms with Crippen LogP contribution in [0, 0.1) is 11.7 Å². The van der Waals surface area contributed by atoms with Crippen LogP contribution in [0.5, 0.6) is 0 Å². The number of benzene rings is 1. The summed E-state index contributed by atoms with van der Waals surface area (Å²) in [7, 11) is 0. The van der Waals surface area contributed by atoms with Gasteiger partial charge in [-0.15, -0.1) is 0 Å². The van der Waals surface area contributed by atoms with E-state index in [1.807, 2.05) is 13.8 Å². The third-order valence-corrected chi connectivity index (χ3v) is 6.08. The summed E-state index contributed by atoms with van der Waals surface area (Å²) in [5.41, 5.74) is 0.399. The largest absolute Gasteiger partial charge is 0.444 e. The van der Waals surface area contributed by atoms with Crippen LogP contribution in [0.1, 0.15) is 60.8 Å². The maximum Gasteiger partial charge on any atom is 0.284 e. The normalized spacial score (nSPS) is 13.4. The van der Waals surface area contributed by atoms with Crippen molar-refractivity contribution in [1.82, 2.24) is 19.7 Å². The zero-order valence-corrected chi connectivity index (χ0v) is 20.2. The van der Waals surface area contributed by atoms with E-state index in [0.717, 1.165) is 17.5 Å². The van der Waals surface area contributed by atoms with Crippen LogP contribution in [0.2, 0.25) is 0 Å². The molecular weight excluding hydrogens is 485 g/mol. The van der Waals surface area contributed by atoms with Crippen molar-refractivity contribution in [3.05, 3.63) is 71.8 Å². The Balaban J connectivity index is 1.34. The predicted octanol–water partition coefficient (Wildman–Crippen LogP) is 6.20. The SMILES string of the molecule is CC(C)c1ccc(-n2cc(NC(=O)c3coc(-c4ccnc(NCC5CC5)c4)n3)c(C(F)F)n2)cc1F. The lowest BCUT2D eigenvalue weighted by Crippen LogP contribution is -2.13. The highest BCUT2D eigenvalue weighted by molar-refractivity contribution is 6.03. The zero-order valence-electron chi connectivity index (χ0n) is 20.2. The molecule has 8 nitrogen and oxygen atoms in total. The molecule has 1 saturated carbocycles. The van der Waals surface area contributed by atoms with Crippen LogP contribution in [0.15, 0.2) is 53.4 Å². The number of hydrogen-bond donors (Lipinski definition) is 2. The molecule has 1 aliphatic carbocycles. The van der Waals surface area contributed by atoms with Crippen molar-refractivity contribution < 1.29 is 22.4 Å². The molecular formula is C26H25F3N6O2. The van der Waals surface area contributed by atoms with Gasteiger partial charge in [-0.25, -0.2) is 27.8 Å². The number of carbonyl (C=O) groups is 1. The number of halogens is 3. The molecule has 0 atom stereocenters. The van der Waals surface area contributed by atoms with Gasteiger partial charge in [0, 0.05) is 18.3 Å². The summed E-state index contributed by atoms with van der Waals surface area (Å²) in [6.07, 6.45) is 3.41. The van der Waals surface area contributed by atoms with E-state index in [0.29, 0.717) is 22.9 Å². The van der Waals surface area contributed by atoms with Crippen molar-refractivity contribution in [3.63, 3.8) is 0 Å². The smallest absolute Gasteiger partial charge is 0.284 e. The van der Waals surface area contributed by atoms with E-state index >= 15 is 0 Å². The number of oxazole rings is 1. The Labute approximate surface area is 210 Å². The lowest BCUT2D eigenvalue weighted by molar-refractivity contribution is 0.102. The number of nitrogens with one attached hydrogen (secondary N) is 2. The van der Waals surface area contributed by atoms with E-state index in [-0.39, 0.29) is 28.9 Å². The van der Waals surface area contributed by atoms with Gasteiger partial charge in [-0.2, -0.15) is 5.10 Å². The number of anilines is 2. The first kappa shape index (κ1) is 24.5. The van der Waals surface area contributed by atoms with Gasteiger partial charge in [-0.1, -0.05) is 19.9 Å². The Kier molecular flexibility index (Phi) is 6.68. The van der Waals surface area contributed by atoms with Gasteiger partial charge in [0.15, 0.2) is 11.4 Å². The van der Waals surface area contributed by atoms with Crippen LogP contribution in [-0.2, 0) is 0 Å². The Bertz CT molecular complexity index is 1430. The number of carbonyl (C=O) groups excluding carboxylic acids is 1. The van der Waals surface area contributed by atoms with Crippen molar-refractivity contribution >= 4 is 17.4 Å². The molecule has 5 rings (SSSR count). The van der Waals surface area contributed by atoms with Gasteiger partial charge in [0.2, 0.25) is 5.89 Å². The second kappa shape index (κ2) is 10.1. The number of nitrogens with zero attached hydrogens (tertiary/aromatic N) is 4. The maximum absolute atomic E-state index is 14.4. The Hall–Kier alpha value is -4.15. The van der Waals surface area contributed by atoms with E-state index in [9.17, 15) is 18.0 Å². The Morgan fingerprint density at radius 2 is 2.03 bits per heavy atom. The molecule has 192 valence electrons. The lowest BCUT2D eigenvalue weighted by Gasteiger charge is -2.09. The molecule has 0 aliphatic heterocycles. The molecule has 1 amide bonds. The maximum atomic E-state index is 14.4. The number of aromatic nitrogens is 4. The monoisotopic (exact) mass is 510 g/mol. The molecule has 11 heteroatoms. The number of hydrogen-bond acceptors (Lipinski definition) is 6. The highest BCUT2D eigenvalue weighted by atomic mass is 19.3. The third-order valence-electron chi connectivity index (χ3n) is 6.08. The number of rotatable bonds is 9. The van der Waals surface area contributed by atoms with E-state index in [1.165, 1.54) is 25.1 Å². The summed E-state index contributed by atoms with van der Waals surface area (Å²) in [4.78, 5) is 21.3. The summed E-state index contributed by atoms with van der Waals surface area (Å²) in [5.74, 6) is 0.267. The first-order valence-corrected chi connectivity index (χ1v) is 11.9. The van der Waals surface area contributed by atoms with Crippen molar-refractivity contribution in [1.29, 1.82) is 0 Å². The third kappa shape index (κ3) is 5.50. The first-order valence-electron chi connectivity index (χ1n) is 11.9. The highest BCUT2D eigenvalue weighted by Gasteiger charge is 2.24. The van der Waals surface area contributed by atoms with Crippen molar-refractivity contribution in [2.24, 2.45) is 5.92 Å². The van der Waals surface area contributed by atoms with Gasteiger partial charge < -0.3 is 15.1 Å². The van der Waals surface area contributed by atoms with Crippen molar-refractivity contribution in [2.45, 2.75) is 39.0 Å². The van der Waals surface area contributed by atoms with Crippen LogP contribution in [-0.4, -0.2) is 32.2 Å². The summed E-state index contributed by atoms with van der Waals surface area (Å²) in [5, 5.41) is 9.54. The minimum absolute atomic E-state index is 0.0387. The Morgan fingerprint density at radius 1 is 1.22 bits per heavy atom. The van der Waals surface area contributed by atoms with E-state index < -0.39 is 23.8 Å². The van der Waals surface area contributed by atoms with Gasteiger partial charge >= 0.3 is 0 Å². The molecule has 1 fully saturated rings. The summed E-state index contributed by atoms with van der Waals surface area (Å²) in [6.45, 7) is 4.54. The fourth-order valence-electron chi connectivity index (χ4n) is 3.83. The minimum atomic E-state index is -2.97. The quantitative estimate of drug-likeness (QED) is 0.278. The standard InChI is InChI=1S/C26H25F3N6O2/c1-14(2)18-6-5-17(10-19(18)27)35-12-20(23(34-35)24(28)29)32-25(36)21-13-37-26(33-21)16-7-8-30-22(9-16)31-11-15-3-4-15/h5-10,12-15,24H,3-4,11H2,1-2H3,(H,30,31)(H,32,36). The highest BCUT2D eigenvalue weighted by Crippen LogP contribution is 2.30. The molecule has 2 N–H and O–H groups in total. The predicted molar refractivity (Wildman–Crippen MR) is 131 cm³/mol. The number of pyridine rings is 1. The average Bonchev–Trinajstić information content (AvgIpc) is 3.39. The second-order valence-electron chi connectivity index (χ2n) is 9.28. The van der Waals surface area contributed by atoms with Crippen molar-refractivity contribution in [3.8, 4) is 17.1 Å². The van der Waals surface area contributed by atoms with Crippen LogP contribution >= 0.6 is 0 Å². The average molecular weight is 511 g/mol. The lowest BCUT2D eigenvalue weighted by atomic mass is 10.0. The number of amides is 1. The van der Waals surface area contributed by atoms with Gasteiger partial charge in [0.05, 0.1) is 17.6 Å². The van der Waals surface area contributed by atoms with Gasteiger partial charge in [-0.3, -0.25) is 4.79 Å². The van der Waals surface area contributed by atoms with Crippen LogP contribution < -0.4 is 10.6 Å². The topological polar surface area (TPSA) is 97.9 Å². The number of alkyl halides is 2. The van der Waals surface area contributed by atoms with E-state index in [4.69, 9.17) is 4.42 Å². The molecule has 4 aromatic rings. The summed E-state index contributed by atoms with van der Waals surface area (Å²) in [6, 6.07) is 7.84. The molecule has 3 aromatic heterocycles. The fraction of sp³-hybridized carbons (Fsp3) is 0.308. The molecule has 0 radical (unpaired) electrons. The van der Waals surface area contributed by atoms with E-state index in [2.05, 4.69) is 25.7 Å².